The minimum Gasteiger partial charge on any atom is -0.383 e. The summed E-state index contributed by atoms with van der Waals surface area (Å²) >= 11 is 0. The Balaban J connectivity index is 2.69. The van der Waals surface area contributed by atoms with Crippen molar-refractivity contribution in [3.05, 3.63) is 53.7 Å². The molecule has 0 unspecified atom stereocenters. The zero-order valence-corrected chi connectivity index (χ0v) is 12.7. The van der Waals surface area contributed by atoms with Crippen molar-refractivity contribution in [1.29, 1.82) is 0 Å². The van der Waals surface area contributed by atoms with Crippen molar-refractivity contribution < 1.29 is 0 Å². The summed E-state index contributed by atoms with van der Waals surface area (Å²) in [5.74, 6) is 0.529. The van der Waals surface area contributed by atoms with Crippen molar-refractivity contribution >= 4 is 11.9 Å². The number of nitrogens with two attached hydrogens (primary N) is 1. The molecule has 0 saturated carbocycles. The van der Waals surface area contributed by atoms with E-state index in [1.807, 2.05) is 6.20 Å². The van der Waals surface area contributed by atoms with Gasteiger partial charge in [-0.3, -0.25) is 0 Å². The van der Waals surface area contributed by atoms with Crippen LogP contribution in [0.2, 0.25) is 0 Å². The van der Waals surface area contributed by atoms with Crippen molar-refractivity contribution in [3.8, 4) is 11.1 Å². The Hall–Kier alpha value is -2.09. The van der Waals surface area contributed by atoms with E-state index in [4.69, 9.17) is 5.73 Å². The number of hydrogen-bond acceptors (Lipinski definition) is 2. The molecular weight excluding hydrogens is 244 g/mol. The highest BCUT2D eigenvalue weighted by molar-refractivity contribution is 5.82. The lowest BCUT2D eigenvalue weighted by Crippen LogP contribution is -2.11. The van der Waals surface area contributed by atoms with E-state index in [2.05, 4.69) is 63.5 Å². The first-order valence-electron chi connectivity index (χ1n) is 6.83. The van der Waals surface area contributed by atoms with E-state index in [1.54, 1.807) is 6.08 Å². The van der Waals surface area contributed by atoms with E-state index in [9.17, 15) is 0 Å². The molecule has 104 valence electrons. The summed E-state index contributed by atoms with van der Waals surface area (Å²) in [5, 5.41) is 0. The molecule has 0 aliphatic carbocycles. The quantitative estimate of drug-likeness (QED) is 0.864. The second-order valence-electron chi connectivity index (χ2n) is 6.15. The van der Waals surface area contributed by atoms with Crippen molar-refractivity contribution in [2.24, 2.45) is 0 Å². The van der Waals surface area contributed by atoms with Gasteiger partial charge in [-0.2, -0.15) is 0 Å². The van der Waals surface area contributed by atoms with Crippen molar-refractivity contribution in [3.63, 3.8) is 0 Å². The zero-order valence-electron chi connectivity index (χ0n) is 12.7. The van der Waals surface area contributed by atoms with Crippen LogP contribution in [0.25, 0.3) is 17.2 Å². The van der Waals surface area contributed by atoms with E-state index in [1.165, 1.54) is 11.1 Å². The molecule has 2 aromatic rings. The van der Waals surface area contributed by atoms with Gasteiger partial charge in [-0.15, -0.1) is 0 Å². The Morgan fingerprint density at radius 3 is 2.55 bits per heavy atom. The average Bonchev–Trinajstić information content (AvgIpc) is 2.40. The summed E-state index contributed by atoms with van der Waals surface area (Å²) in [6.45, 7) is 12.6. The van der Waals surface area contributed by atoms with Crippen LogP contribution in [0.3, 0.4) is 0 Å². The lowest BCUT2D eigenvalue weighted by atomic mass is 9.84. The van der Waals surface area contributed by atoms with Gasteiger partial charge in [0.1, 0.15) is 5.82 Å². The maximum Gasteiger partial charge on any atom is 0.131 e. The number of nitrogens with zero attached hydrogens (tertiary/aromatic N) is 1. The van der Waals surface area contributed by atoms with Crippen LogP contribution in [0.15, 0.2) is 37.0 Å². The zero-order chi connectivity index (χ0) is 14.9. The summed E-state index contributed by atoms with van der Waals surface area (Å²) in [6.07, 6.45) is 3.61. The van der Waals surface area contributed by atoms with E-state index in [-0.39, 0.29) is 5.41 Å². The normalized spacial score (nSPS) is 11.4. The molecule has 0 aliphatic rings. The molecule has 1 heterocycles. The molecule has 2 heteroatoms. The predicted molar refractivity (Wildman–Crippen MR) is 87.6 cm³/mol. The third kappa shape index (κ3) is 2.60. The molecule has 0 amide bonds. The van der Waals surface area contributed by atoms with E-state index >= 15 is 0 Å². The molecule has 0 aliphatic heterocycles. The second-order valence-corrected chi connectivity index (χ2v) is 6.15. The fraction of sp³-hybridized carbons (Fsp3) is 0.278. The van der Waals surface area contributed by atoms with Crippen molar-refractivity contribution in [2.75, 3.05) is 5.73 Å². The summed E-state index contributed by atoms with van der Waals surface area (Å²) in [7, 11) is 0. The number of aromatic nitrogens is 1. The van der Waals surface area contributed by atoms with Gasteiger partial charge in [-0.1, -0.05) is 57.7 Å². The maximum atomic E-state index is 5.98. The molecule has 0 spiro atoms. The summed E-state index contributed by atoms with van der Waals surface area (Å²) in [4.78, 5) is 4.21. The van der Waals surface area contributed by atoms with Crippen LogP contribution in [0, 0.1) is 6.92 Å². The second kappa shape index (κ2) is 5.12. The first-order valence-corrected chi connectivity index (χ1v) is 6.83. The first kappa shape index (κ1) is 14.3. The van der Waals surface area contributed by atoms with Crippen LogP contribution >= 0.6 is 0 Å². The Morgan fingerprint density at radius 1 is 1.25 bits per heavy atom. The fourth-order valence-corrected chi connectivity index (χ4v) is 2.37. The highest BCUT2D eigenvalue weighted by Crippen LogP contribution is 2.33. The first-order chi connectivity index (χ1) is 9.34. The monoisotopic (exact) mass is 266 g/mol. The Labute approximate surface area is 121 Å². The highest BCUT2D eigenvalue weighted by atomic mass is 14.8. The molecule has 0 fully saturated rings. The minimum absolute atomic E-state index is 0.122. The predicted octanol–water partition coefficient (Wildman–Crippen LogP) is 4.58. The van der Waals surface area contributed by atoms with Gasteiger partial charge >= 0.3 is 0 Å². The van der Waals surface area contributed by atoms with Gasteiger partial charge in [-0.25, -0.2) is 4.98 Å². The number of hydrogen-bond donors (Lipinski definition) is 1. The summed E-state index contributed by atoms with van der Waals surface area (Å²) in [5.41, 5.74) is 11.7. The number of anilines is 1. The topological polar surface area (TPSA) is 38.9 Å². The SMILES string of the molecule is C=Cc1c(N)ncc(C)c1-c1cccc(C(C)(C)C)c1. The smallest absolute Gasteiger partial charge is 0.131 e. The fourth-order valence-electron chi connectivity index (χ4n) is 2.37. The van der Waals surface area contributed by atoms with Gasteiger partial charge in [-0.05, 0) is 34.6 Å². The van der Waals surface area contributed by atoms with E-state index < -0.39 is 0 Å². The molecule has 1 aromatic heterocycles. The molecule has 0 radical (unpaired) electrons. The molecule has 2 N–H and O–H groups in total. The molecule has 0 saturated heterocycles. The summed E-state index contributed by atoms with van der Waals surface area (Å²) < 4.78 is 0. The molecule has 2 rings (SSSR count). The number of benzene rings is 1. The highest BCUT2D eigenvalue weighted by Gasteiger charge is 2.16. The molecular formula is C18H22N2. The van der Waals surface area contributed by atoms with E-state index in [0.717, 1.165) is 16.7 Å². The van der Waals surface area contributed by atoms with Gasteiger partial charge < -0.3 is 5.73 Å². The Bertz CT molecular complexity index is 649. The summed E-state index contributed by atoms with van der Waals surface area (Å²) in [6, 6.07) is 8.61. The number of aryl methyl sites for hydroxylation is 1. The van der Waals surface area contributed by atoms with Crippen LogP contribution in [0.4, 0.5) is 5.82 Å². The van der Waals surface area contributed by atoms with Crippen LogP contribution in [0.5, 0.6) is 0 Å². The van der Waals surface area contributed by atoms with Crippen LogP contribution in [-0.4, -0.2) is 4.98 Å². The lowest BCUT2D eigenvalue weighted by molar-refractivity contribution is 0.590. The van der Waals surface area contributed by atoms with Gasteiger partial charge in [0.05, 0.1) is 0 Å². The van der Waals surface area contributed by atoms with Gasteiger partial charge in [0.2, 0.25) is 0 Å². The third-order valence-corrected chi connectivity index (χ3v) is 3.56. The molecule has 0 atom stereocenters. The minimum atomic E-state index is 0.122. The van der Waals surface area contributed by atoms with Gasteiger partial charge in [0, 0.05) is 11.8 Å². The van der Waals surface area contributed by atoms with Gasteiger partial charge in [0.15, 0.2) is 0 Å². The average molecular weight is 266 g/mol. The Morgan fingerprint density at radius 2 is 1.95 bits per heavy atom. The molecule has 0 bridgehead atoms. The molecule has 1 aromatic carbocycles. The van der Waals surface area contributed by atoms with Crippen molar-refractivity contribution in [2.45, 2.75) is 33.1 Å². The largest absolute Gasteiger partial charge is 0.383 e. The van der Waals surface area contributed by atoms with Crippen LogP contribution in [-0.2, 0) is 5.41 Å². The third-order valence-electron chi connectivity index (χ3n) is 3.56. The lowest BCUT2D eigenvalue weighted by Gasteiger charge is -2.21. The molecule has 2 nitrogen and oxygen atoms in total. The Kier molecular flexibility index (Phi) is 3.67. The van der Waals surface area contributed by atoms with E-state index in [0.29, 0.717) is 5.82 Å². The maximum absolute atomic E-state index is 5.98. The van der Waals surface area contributed by atoms with Crippen LogP contribution < -0.4 is 5.73 Å². The number of rotatable bonds is 2. The molecule has 20 heavy (non-hydrogen) atoms. The van der Waals surface area contributed by atoms with Crippen LogP contribution in [0.1, 0.15) is 37.5 Å². The standard InChI is InChI=1S/C18H22N2/c1-6-15-16(12(2)11-20-17(15)19)13-8-7-9-14(10-13)18(3,4)5/h6-11H,1H2,2-5H3,(H2,19,20). The number of pyridine rings is 1. The number of nitrogen functional groups attached to an aromatic ring is 1. The van der Waals surface area contributed by atoms with Crippen molar-refractivity contribution in [1.82, 2.24) is 4.98 Å². The van der Waals surface area contributed by atoms with Gasteiger partial charge in [0.25, 0.3) is 0 Å².